The highest BCUT2D eigenvalue weighted by Gasteiger charge is 2.57. The first-order chi connectivity index (χ1) is 25.4. The number of Topliss-reactive ketones (excluding diaryl/α,β-unsaturated/α-hetero) is 2. The number of allylic oxidation sites excluding steroid dienone is 1. The maximum absolute atomic E-state index is 14.6. The van der Waals surface area contributed by atoms with Gasteiger partial charge in [0, 0.05) is 57.5 Å². The highest BCUT2D eigenvalue weighted by atomic mass is 17.2. The Morgan fingerprint density at radius 2 is 1.66 bits per heavy atom. The molecule has 5 unspecified atom stereocenters. The number of aliphatic hydroxyl groups is 1. The number of methoxy groups -OCH3 is 3. The van der Waals surface area contributed by atoms with E-state index in [2.05, 4.69) is 38.9 Å². The third-order valence-electron chi connectivity index (χ3n) is 14.1. The quantitative estimate of drug-likeness (QED) is 0.245. The van der Waals surface area contributed by atoms with Crippen molar-refractivity contribution in [2.24, 2.45) is 47.3 Å². The molecular formula is C41H67NO11. The summed E-state index contributed by atoms with van der Waals surface area (Å²) in [6.45, 7) is 8.45. The molecule has 3 saturated carbocycles. The van der Waals surface area contributed by atoms with Gasteiger partial charge in [-0.1, -0.05) is 26.8 Å². The molecule has 6 rings (SSSR count). The molecular weight excluding hydrogens is 682 g/mol. The molecule has 2 saturated heterocycles. The zero-order chi connectivity index (χ0) is 38.1. The van der Waals surface area contributed by atoms with Crippen LogP contribution in [0.15, 0.2) is 11.6 Å². The summed E-state index contributed by atoms with van der Waals surface area (Å²) in [6.07, 6.45) is 5.48. The summed E-state index contributed by atoms with van der Waals surface area (Å²) in [5, 5.41) is 11.5. The minimum Gasteiger partial charge on any atom is -0.380 e. The lowest BCUT2D eigenvalue weighted by atomic mass is 9.66. The molecule has 12 heteroatoms. The van der Waals surface area contributed by atoms with Crippen molar-refractivity contribution < 1.29 is 52.9 Å². The van der Waals surface area contributed by atoms with Crippen molar-refractivity contribution in [3.8, 4) is 0 Å². The average molecular weight is 750 g/mol. The van der Waals surface area contributed by atoms with Crippen molar-refractivity contribution in [2.75, 3.05) is 42.0 Å². The third-order valence-corrected chi connectivity index (χ3v) is 14.1. The van der Waals surface area contributed by atoms with Crippen LogP contribution in [-0.2, 0) is 47.8 Å². The predicted octanol–water partition coefficient (Wildman–Crippen LogP) is 4.74. The van der Waals surface area contributed by atoms with E-state index in [1.165, 1.54) is 0 Å². The number of ketones is 2. The van der Waals surface area contributed by atoms with E-state index >= 15 is 0 Å². The fraction of sp³-hybridized carbons (Fsp3) is 0.902. The van der Waals surface area contributed by atoms with Gasteiger partial charge in [0.2, 0.25) is 0 Å². The molecule has 302 valence electrons. The van der Waals surface area contributed by atoms with Crippen LogP contribution in [0.3, 0.4) is 0 Å². The highest BCUT2D eigenvalue weighted by Crippen LogP contribution is 2.55. The second kappa shape index (κ2) is 17.9. The summed E-state index contributed by atoms with van der Waals surface area (Å²) in [5.74, 6) is -1.08. The Hall–Kier alpha value is -1.32. The first kappa shape index (κ1) is 41.3. The number of carbonyl (C=O) groups excluding carboxylic acids is 2. The number of carbonyl (C=O) groups is 2. The summed E-state index contributed by atoms with van der Waals surface area (Å²) in [4.78, 5) is 42.6. The molecule has 6 aliphatic rings. The standard InChI is InChI=1S/C41H67NO11/c1-10-24-12-11-13-34(52-35-15-14-32(42(5)6)23(4)50-35)21(2)37(44)30-18-27-26-16-25(17-29(26)33(43)19-28(27)31(30)20-49-53-24)51-41(45)36-38(46-7)22(3)39(47-8)40(36)48-9/h18,21-29,31-32,34-36,38-41,45H,10-17,19-20H2,1-9H3/t21-,22?,23?,24+,25+,26+,27+,28-,29-,31+,32+,34+,35+,36?,38?,39+,40?,41+/m1/s1. The third kappa shape index (κ3) is 8.38. The van der Waals surface area contributed by atoms with Gasteiger partial charge >= 0.3 is 0 Å². The van der Waals surface area contributed by atoms with E-state index in [4.69, 9.17) is 38.2 Å². The molecule has 0 spiro atoms. The van der Waals surface area contributed by atoms with Gasteiger partial charge < -0.3 is 38.4 Å². The summed E-state index contributed by atoms with van der Waals surface area (Å²) >= 11 is 0. The number of hydrogen-bond donors (Lipinski definition) is 1. The van der Waals surface area contributed by atoms with Crippen LogP contribution in [0.2, 0.25) is 0 Å². The number of fused-ring (bicyclic) bond motifs is 5. The van der Waals surface area contributed by atoms with Gasteiger partial charge in [-0.25, -0.2) is 9.78 Å². The van der Waals surface area contributed by atoms with Crippen LogP contribution in [0.5, 0.6) is 0 Å². The largest absolute Gasteiger partial charge is 0.380 e. The minimum atomic E-state index is -1.15. The van der Waals surface area contributed by atoms with E-state index in [9.17, 15) is 14.7 Å². The number of ether oxygens (including phenoxy) is 6. The van der Waals surface area contributed by atoms with Crippen LogP contribution in [0.1, 0.15) is 85.5 Å². The van der Waals surface area contributed by atoms with Gasteiger partial charge in [0.15, 0.2) is 18.4 Å². The average Bonchev–Trinajstić information content (AvgIpc) is 3.80. The van der Waals surface area contributed by atoms with E-state index < -0.39 is 18.3 Å². The van der Waals surface area contributed by atoms with Gasteiger partial charge in [-0.3, -0.25) is 9.59 Å². The van der Waals surface area contributed by atoms with Crippen molar-refractivity contribution in [3.05, 3.63) is 11.6 Å². The molecule has 0 amide bonds. The second-order valence-electron chi connectivity index (χ2n) is 17.1. The maximum atomic E-state index is 14.6. The van der Waals surface area contributed by atoms with Crippen LogP contribution in [0.25, 0.3) is 0 Å². The van der Waals surface area contributed by atoms with Gasteiger partial charge in [-0.2, -0.15) is 0 Å². The van der Waals surface area contributed by atoms with Gasteiger partial charge in [0.1, 0.15) is 5.78 Å². The molecule has 0 aromatic carbocycles. The summed E-state index contributed by atoms with van der Waals surface area (Å²) in [5.41, 5.74) is 0.734. The Kier molecular flexibility index (Phi) is 13.9. The van der Waals surface area contributed by atoms with Gasteiger partial charge in [-0.15, -0.1) is 0 Å². The first-order valence-corrected chi connectivity index (χ1v) is 20.4. The van der Waals surface area contributed by atoms with Crippen molar-refractivity contribution in [1.29, 1.82) is 0 Å². The zero-order valence-electron chi connectivity index (χ0n) is 33.5. The Bertz CT molecular complexity index is 1280. The van der Waals surface area contributed by atoms with Crippen molar-refractivity contribution >= 4 is 11.6 Å². The van der Waals surface area contributed by atoms with Gasteiger partial charge in [-0.05, 0) is 95.7 Å². The number of nitrogens with zero attached hydrogens (tertiary/aromatic N) is 1. The lowest BCUT2D eigenvalue weighted by molar-refractivity contribution is -0.332. The number of aliphatic hydroxyl groups excluding tert-OH is 1. The molecule has 0 radical (unpaired) electrons. The number of likely N-dealkylation sites (N-methyl/N-ethyl adjacent to an activating group) is 1. The van der Waals surface area contributed by atoms with E-state index in [1.54, 1.807) is 21.3 Å². The topological polar surface area (TPSA) is 131 Å². The van der Waals surface area contributed by atoms with Crippen LogP contribution in [-0.4, -0.2) is 125 Å². The number of rotatable bonds is 10. The molecule has 2 heterocycles. The normalized spacial score (nSPS) is 45.9. The van der Waals surface area contributed by atoms with E-state index in [-0.39, 0.29) is 103 Å². The van der Waals surface area contributed by atoms with E-state index in [1.807, 2.05) is 13.8 Å². The summed E-state index contributed by atoms with van der Waals surface area (Å²) in [6, 6.07) is 0.328. The Labute approximate surface area is 316 Å². The van der Waals surface area contributed by atoms with Gasteiger partial charge in [0.05, 0.1) is 55.3 Å². The van der Waals surface area contributed by atoms with Gasteiger partial charge in [0.25, 0.3) is 0 Å². The molecule has 0 bridgehead atoms. The fourth-order valence-corrected chi connectivity index (χ4v) is 11.2. The fourth-order valence-electron chi connectivity index (χ4n) is 11.2. The SMILES string of the molecule is CC[C@H]1CCC[C@H](O[C@H]2CC[C@H](N(C)C)C(C)O2)[C@@H](C)C(=O)C2=C[C@@H]3[C@@H](CC(=O)[C@@H]4C[C@@H](O[C@H](O)C5C(OC)C(C)[C@H](OC)C5OC)C[C@@H]34)[C@@H]2COO1. The molecule has 0 aromatic heterocycles. The second-order valence-corrected chi connectivity index (χ2v) is 17.1. The van der Waals surface area contributed by atoms with Crippen molar-refractivity contribution in [3.63, 3.8) is 0 Å². The van der Waals surface area contributed by atoms with Crippen LogP contribution in [0, 0.1) is 47.3 Å². The smallest absolute Gasteiger partial charge is 0.164 e. The van der Waals surface area contributed by atoms with E-state index in [0.29, 0.717) is 31.7 Å². The number of hydrogen-bond acceptors (Lipinski definition) is 12. The van der Waals surface area contributed by atoms with Crippen molar-refractivity contribution in [1.82, 2.24) is 4.90 Å². The predicted molar refractivity (Wildman–Crippen MR) is 195 cm³/mol. The summed E-state index contributed by atoms with van der Waals surface area (Å²) < 4.78 is 36.9. The Balaban J connectivity index is 1.20. The molecule has 5 fully saturated rings. The molecule has 0 aromatic rings. The maximum Gasteiger partial charge on any atom is 0.164 e. The molecule has 18 atom stereocenters. The lowest BCUT2D eigenvalue weighted by Crippen LogP contribution is -2.47. The zero-order valence-corrected chi connectivity index (χ0v) is 33.5. The molecule has 2 aliphatic heterocycles. The highest BCUT2D eigenvalue weighted by molar-refractivity contribution is 5.99. The van der Waals surface area contributed by atoms with E-state index in [0.717, 1.165) is 37.7 Å². The Morgan fingerprint density at radius 1 is 0.925 bits per heavy atom. The molecule has 53 heavy (non-hydrogen) atoms. The monoisotopic (exact) mass is 749 g/mol. The molecule has 4 aliphatic carbocycles. The minimum absolute atomic E-state index is 0.000957. The molecule has 1 N–H and O–H groups in total. The molecule has 12 nitrogen and oxygen atoms in total. The van der Waals surface area contributed by atoms with Crippen LogP contribution < -0.4 is 0 Å². The first-order valence-electron chi connectivity index (χ1n) is 20.4. The van der Waals surface area contributed by atoms with Crippen molar-refractivity contribution in [2.45, 2.75) is 147 Å². The Morgan fingerprint density at radius 3 is 2.32 bits per heavy atom. The van der Waals surface area contributed by atoms with Crippen LogP contribution >= 0.6 is 0 Å². The summed E-state index contributed by atoms with van der Waals surface area (Å²) in [7, 11) is 9.07. The lowest BCUT2D eigenvalue weighted by Gasteiger charge is -2.40. The van der Waals surface area contributed by atoms with Crippen LogP contribution in [0.4, 0.5) is 0 Å².